The van der Waals surface area contributed by atoms with Gasteiger partial charge in [-0.05, 0) is 30.3 Å². The quantitative estimate of drug-likeness (QED) is 0.470. The summed E-state index contributed by atoms with van der Waals surface area (Å²) in [6, 6.07) is 13.9. The van der Waals surface area contributed by atoms with Crippen molar-refractivity contribution >= 4 is 16.7 Å². The Balaban J connectivity index is 1.76. The summed E-state index contributed by atoms with van der Waals surface area (Å²) in [5.41, 5.74) is 10.1. The SMILES string of the molecule is N#Cc1cccc(-c2nc(N)c3nn(Cc4ncccc4F)cc3c2-c2ccncn2)c1. The first-order chi connectivity index (χ1) is 15.6. The van der Waals surface area contributed by atoms with E-state index in [4.69, 9.17) is 5.73 Å². The highest BCUT2D eigenvalue weighted by molar-refractivity contribution is 6.04. The molecule has 4 aromatic heterocycles. The molecule has 0 spiro atoms. The minimum Gasteiger partial charge on any atom is -0.382 e. The maximum absolute atomic E-state index is 14.1. The number of hydrogen-bond acceptors (Lipinski definition) is 7. The van der Waals surface area contributed by atoms with Crippen LogP contribution >= 0.6 is 0 Å². The number of nitriles is 1. The number of anilines is 1. The van der Waals surface area contributed by atoms with Crippen molar-refractivity contribution in [1.29, 1.82) is 5.26 Å². The van der Waals surface area contributed by atoms with E-state index in [1.807, 2.05) is 6.07 Å². The topological polar surface area (TPSA) is 119 Å². The average Bonchev–Trinajstić information content (AvgIpc) is 3.25. The van der Waals surface area contributed by atoms with E-state index < -0.39 is 5.82 Å². The number of nitrogen functional groups attached to an aromatic ring is 1. The predicted molar refractivity (Wildman–Crippen MR) is 116 cm³/mol. The van der Waals surface area contributed by atoms with Crippen molar-refractivity contribution < 1.29 is 4.39 Å². The van der Waals surface area contributed by atoms with Crippen molar-refractivity contribution in [3.8, 4) is 28.6 Å². The molecule has 9 heteroatoms. The van der Waals surface area contributed by atoms with Gasteiger partial charge in [-0.2, -0.15) is 10.4 Å². The van der Waals surface area contributed by atoms with Gasteiger partial charge in [0.1, 0.15) is 17.7 Å². The van der Waals surface area contributed by atoms with Crippen LogP contribution in [0, 0.1) is 17.1 Å². The van der Waals surface area contributed by atoms with E-state index in [-0.39, 0.29) is 18.1 Å². The van der Waals surface area contributed by atoms with Gasteiger partial charge in [-0.15, -0.1) is 0 Å². The van der Waals surface area contributed by atoms with E-state index >= 15 is 0 Å². The Morgan fingerprint density at radius 1 is 1.09 bits per heavy atom. The number of nitrogens with two attached hydrogens (primary N) is 1. The van der Waals surface area contributed by atoms with Crippen molar-refractivity contribution in [2.45, 2.75) is 6.54 Å². The number of hydrogen-bond donors (Lipinski definition) is 1. The molecule has 0 fully saturated rings. The van der Waals surface area contributed by atoms with Crippen LogP contribution in [0.4, 0.5) is 10.2 Å². The Morgan fingerprint density at radius 3 is 2.78 bits per heavy atom. The van der Waals surface area contributed by atoms with Crippen LogP contribution in [0.1, 0.15) is 11.3 Å². The number of rotatable bonds is 4. The number of aromatic nitrogens is 6. The molecule has 154 valence electrons. The first kappa shape index (κ1) is 19.3. The second-order valence-corrected chi connectivity index (χ2v) is 7.03. The third-order valence-corrected chi connectivity index (χ3v) is 4.99. The second-order valence-electron chi connectivity index (χ2n) is 7.03. The van der Waals surface area contributed by atoms with Crippen LogP contribution in [-0.4, -0.2) is 29.7 Å². The normalized spacial score (nSPS) is 10.9. The molecule has 2 N–H and O–H groups in total. The number of benzene rings is 1. The first-order valence-electron chi connectivity index (χ1n) is 9.67. The van der Waals surface area contributed by atoms with Gasteiger partial charge < -0.3 is 5.73 Å². The minimum absolute atomic E-state index is 0.128. The van der Waals surface area contributed by atoms with E-state index in [2.05, 4.69) is 31.1 Å². The molecule has 8 nitrogen and oxygen atoms in total. The minimum atomic E-state index is -0.414. The fourth-order valence-electron chi connectivity index (χ4n) is 3.56. The van der Waals surface area contributed by atoms with Gasteiger partial charge >= 0.3 is 0 Å². The van der Waals surface area contributed by atoms with Gasteiger partial charge in [0.25, 0.3) is 0 Å². The zero-order valence-electron chi connectivity index (χ0n) is 16.6. The summed E-state index contributed by atoms with van der Waals surface area (Å²) in [6.45, 7) is 0.128. The smallest absolute Gasteiger partial charge is 0.152 e. The Morgan fingerprint density at radius 2 is 2.00 bits per heavy atom. The number of pyridine rings is 2. The summed E-state index contributed by atoms with van der Waals surface area (Å²) in [5.74, 6) is -0.196. The summed E-state index contributed by atoms with van der Waals surface area (Å²) in [7, 11) is 0. The molecular formula is C23H15FN8. The van der Waals surface area contributed by atoms with Crippen molar-refractivity contribution in [2.24, 2.45) is 0 Å². The molecule has 0 amide bonds. The van der Waals surface area contributed by atoms with E-state index in [0.29, 0.717) is 33.4 Å². The largest absolute Gasteiger partial charge is 0.382 e. The van der Waals surface area contributed by atoms with E-state index in [1.165, 1.54) is 24.7 Å². The van der Waals surface area contributed by atoms with Crippen LogP contribution in [0.5, 0.6) is 0 Å². The Hall–Kier alpha value is -4.71. The molecule has 4 heterocycles. The fraction of sp³-hybridized carbons (Fsp3) is 0.0435. The van der Waals surface area contributed by atoms with Crippen molar-refractivity contribution in [3.63, 3.8) is 0 Å². The van der Waals surface area contributed by atoms with Crippen molar-refractivity contribution in [3.05, 3.63) is 84.5 Å². The van der Waals surface area contributed by atoms with Crippen LogP contribution in [0.3, 0.4) is 0 Å². The highest BCUT2D eigenvalue weighted by Gasteiger charge is 2.20. The third kappa shape index (κ3) is 3.40. The van der Waals surface area contributed by atoms with Gasteiger partial charge in [-0.1, -0.05) is 12.1 Å². The van der Waals surface area contributed by atoms with Gasteiger partial charge in [0.05, 0.1) is 35.3 Å². The van der Waals surface area contributed by atoms with Crippen LogP contribution in [0.25, 0.3) is 33.4 Å². The molecule has 0 saturated carbocycles. The highest BCUT2D eigenvalue weighted by atomic mass is 19.1. The lowest BCUT2D eigenvalue weighted by atomic mass is 9.98. The summed E-state index contributed by atoms with van der Waals surface area (Å²) < 4.78 is 15.7. The Bertz CT molecular complexity index is 1490. The fourth-order valence-corrected chi connectivity index (χ4v) is 3.56. The van der Waals surface area contributed by atoms with E-state index in [0.717, 1.165) is 5.56 Å². The zero-order valence-corrected chi connectivity index (χ0v) is 16.6. The van der Waals surface area contributed by atoms with Crippen molar-refractivity contribution in [1.82, 2.24) is 29.7 Å². The average molecular weight is 422 g/mol. The highest BCUT2D eigenvalue weighted by Crippen LogP contribution is 2.37. The van der Waals surface area contributed by atoms with Gasteiger partial charge in [0, 0.05) is 35.1 Å². The molecule has 0 atom stereocenters. The third-order valence-electron chi connectivity index (χ3n) is 4.99. The summed E-state index contributed by atoms with van der Waals surface area (Å²) >= 11 is 0. The summed E-state index contributed by atoms with van der Waals surface area (Å²) in [6.07, 6.45) is 6.38. The number of halogens is 1. The second kappa shape index (κ2) is 7.85. The van der Waals surface area contributed by atoms with Gasteiger partial charge in [0.2, 0.25) is 0 Å². The first-order valence-corrected chi connectivity index (χ1v) is 9.67. The lowest BCUT2D eigenvalue weighted by molar-refractivity contribution is 0.572. The molecule has 1 aromatic carbocycles. The number of fused-ring (bicyclic) bond motifs is 1. The zero-order chi connectivity index (χ0) is 22.1. The molecule has 32 heavy (non-hydrogen) atoms. The van der Waals surface area contributed by atoms with E-state index in [1.54, 1.807) is 41.3 Å². The lowest BCUT2D eigenvalue weighted by Gasteiger charge is -2.11. The monoisotopic (exact) mass is 422 g/mol. The molecule has 0 aliphatic rings. The molecule has 5 rings (SSSR count). The summed E-state index contributed by atoms with van der Waals surface area (Å²) in [4.78, 5) is 17.1. The van der Waals surface area contributed by atoms with Gasteiger partial charge in [-0.25, -0.2) is 19.3 Å². The van der Waals surface area contributed by atoms with Crippen LogP contribution in [-0.2, 0) is 6.54 Å². The molecule has 0 radical (unpaired) electrons. The Kier molecular flexibility index (Phi) is 4.72. The Labute approximate surface area is 181 Å². The molecule has 0 unspecified atom stereocenters. The maximum Gasteiger partial charge on any atom is 0.152 e. The molecule has 5 aromatic rings. The molecular weight excluding hydrogens is 407 g/mol. The molecule has 0 saturated heterocycles. The maximum atomic E-state index is 14.1. The van der Waals surface area contributed by atoms with Gasteiger partial charge in [-0.3, -0.25) is 9.67 Å². The van der Waals surface area contributed by atoms with Crippen LogP contribution in [0.15, 0.2) is 67.4 Å². The van der Waals surface area contributed by atoms with Crippen LogP contribution < -0.4 is 5.73 Å². The molecule has 0 aliphatic heterocycles. The number of nitrogens with zero attached hydrogens (tertiary/aromatic N) is 7. The van der Waals surface area contributed by atoms with Gasteiger partial charge in [0.15, 0.2) is 5.82 Å². The molecule has 0 bridgehead atoms. The van der Waals surface area contributed by atoms with Crippen molar-refractivity contribution in [2.75, 3.05) is 5.73 Å². The van der Waals surface area contributed by atoms with E-state index in [9.17, 15) is 9.65 Å². The standard InChI is InChI=1S/C23H15FN8/c24-17-5-2-7-28-19(17)12-32-11-16-20(18-6-8-27-13-29-18)21(30-23(26)22(16)31-32)15-4-1-3-14(9-15)10-25/h1-9,11,13H,12H2,(H2,26,30). The lowest BCUT2D eigenvalue weighted by Crippen LogP contribution is -2.04. The summed E-state index contributed by atoms with van der Waals surface area (Å²) in [5, 5.41) is 14.6. The van der Waals surface area contributed by atoms with Crippen LogP contribution in [0.2, 0.25) is 0 Å². The predicted octanol–water partition coefficient (Wildman–Crippen LogP) is 3.59. The molecule has 0 aliphatic carbocycles.